The third-order valence-electron chi connectivity index (χ3n) is 3.18. The van der Waals surface area contributed by atoms with Crippen molar-refractivity contribution < 1.29 is 9.53 Å². The first-order valence-electron chi connectivity index (χ1n) is 5.95. The van der Waals surface area contributed by atoms with E-state index in [0.717, 1.165) is 12.0 Å². The van der Waals surface area contributed by atoms with E-state index in [9.17, 15) is 4.79 Å². The Hall–Kier alpha value is -1.35. The van der Waals surface area contributed by atoms with Crippen LogP contribution in [-0.2, 0) is 0 Å². The van der Waals surface area contributed by atoms with Crippen LogP contribution in [0.2, 0.25) is 0 Å². The lowest BCUT2D eigenvalue weighted by Crippen LogP contribution is -2.36. The Morgan fingerprint density at radius 1 is 1.47 bits per heavy atom. The second-order valence-corrected chi connectivity index (χ2v) is 4.48. The van der Waals surface area contributed by atoms with Crippen LogP contribution in [0.5, 0.6) is 5.75 Å². The van der Waals surface area contributed by atoms with Crippen LogP contribution in [0.15, 0.2) is 18.2 Å². The molecule has 2 N–H and O–H groups in total. The molecule has 0 saturated carbocycles. The molecule has 0 aliphatic carbocycles. The van der Waals surface area contributed by atoms with Gasteiger partial charge in [-0.1, -0.05) is 31.9 Å². The van der Waals surface area contributed by atoms with Gasteiger partial charge in [-0.25, -0.2) is 0 Å². The minimum Gasteiger partial charge on any atom is -0.496 e. The number of carbonyl (C=O) groups is 1. The molecule has 3 nitrogen and oxygen atoms in total. The van der Waals surface area contributed by atoms with E-state index in [0.29, 0.717) is 11.3 Å². The van der Waals surface area contributed by atoms with Crippen LogP contribution in [0.25, 0.3) is 0 Å². The fourth-order valence-electron chi connectivity index (χ4n) is 1.71. The maximum atomic E-state index is 12.3. The Morgan fingerprint density at radius 3 is 2.65 bits per heavy atom. The minimum atomic E-state index is -0.462. The molecule has 2 unspecified atom stereocenters. The van der Waals surface area contributed by atoms with Crippen LogP contribution in [0, 0.1) is 12.8 Å². The van der Waals surface area contributed by atoms with Gasteiger partial charge >= 0.3 is 0 Å². The van der Waals surface area contributed by atoms with Gasteiger partial charge in [-0.05, 0) is 25.0 Å². The van der Waals surface area contributed by atoms with E-state index in [1.54, 1.807) is 7.11 Å². The zero-order valence-corrected chi connectivity index (χ0v) is 11.0. The number of ketones is 1. The lowest BCUT2D eigenvalue weighted by Gasteiger charge is -2.18. The van der Waals surface area contributed by atoms with E-state index in [2.05, 4.69) is 0 Å². The molecule has 2 atom stereocenters. The molecule has 0 amide bonds. The fraction of sp³-hybridized carbons (Fsp3) is 0.500. The molecule has 0 aliphatic rings. The summed E-state index contributed by atoms with van der Waals surface area (Å²) in [6.07, 6.45) is 0.890. The van der Waals surface area contributed by atoms with Crippen molar-refractivity contribution in [2.75, 3.05) is 7.11 Å². The molecule has 0 radical (unpaired) electrons. The predicted octanol–water partition coefficient (Wildman–Crippen LogP) is 2.56. The molecule has 1 aromatic carbocycles. The first-order chi connectivity index (χ1) is 8.01. The van der Waals surface area contributed by atoms with Gasteiger partial charge in [0.2, 0.25) is 0 Å². The number of aryl methyl sites for hydroxylation is 1. The van der Waals surface area contributed by atoms with Gasteiger partial charge in [0.25, 0.3) is 0 Å². The highest BCUT2D eigenvalue weighted by Crippen LogP contribution is 2.22. The number of methoxy groups -OCH3 is 1. The number of nitrogens with two attached hydrogens (primary N) is 1. The minimum absolute atomic E-state index is 0.0418. The molecular weight excluding hydrogens is 214 g/mol. The largest absolute Gasteiger partial charge is 0.496 e. The molecule has 0 fully saturated rings. The average Bonchev–Trinajstić information content (AvgIpc) is 2.35. The topological polar surface area (TPSA) is 52.3 Å². The van der Waals surface area contributed by atoms with Gasteiger partial charge in [-0.2, -0.15) is 0 Å². The van der Waals surface area contributed by atoms with E-state index in [-0.39, 0.29) is 11.7 Å². The van der Waals surface area contributed by atoms with Gasteiger partial charge in [0.15, 0.2) is 5.78 Å². The molecule has 17 heavy (non-hydrogen) atoms. The summed E-state index contributed by atoms with van der Waals surface area (Å²) in [5, 5.41) is 0. The van der Waals surface area contributed by atoms with Gasteiger partial charge in [0.1, 0.15) is 5.75 Å². The SMILES string of the molecule is CCC(C)C(N)C(=O)c1cc(C)ccc1OC. The quantitative estimate of drug-likeness (QED) is 0.798. The maximum Gasteiger partial charge on any atom is 0.183 e. The molecule has 94 valence electrons. The summed E-state index contributed by atoms with van der Waals surface area (Å²) < 4.78 is 5.21. The Kier molecular flexibility index (Phi) is 4.70. The number of benzene rings is 1. The highest BCUT2D eigenvalue weighted by molar-refractivity contribution is 6.02. The summed E-state index contributed by atoms with van der Waals surface area (Å²) in [4.78, 5) is 12.3. The molecule has 1 rings (SSSR count). The van der Waals surface area contributed by atoms with Crippen molar-refractivity contribution in [1.82, 2.24) is 0 Å². The summed E-state index contributed by atoms with van der Waals surface area (Å²) in [7, 11) is 1.57. The Morgan fingerprint density at radius 2 is 2.12 bits per heavy atom. The van der Waals surface area contributed by atoms with Gasteiger partial charge in [-0.3, -0.25) is 4.79 Å². The van der Waals surface area contributed by atoms with Crippen LogP contribution >= 0.6 is 0 Å². The second kappa shape index (κ2) is 5.82. The van der Waals surface area contributed by atoms with Crippen molar-refractivity contribution in [3.05, 3.63) is 29.3 Å². The second-order valence-electron chi connectivity index (χ2n) is 4.48. The summed E-state index contributed by atoms with van der Waals surface area (Å²) >= 11 is 0. The standard InChI is InChI=1S/C14H21NO2/c1-5-10(3)13(15)14(16)11-8-9(2)6-7-12(11)17-4/h6-8,10,13H,5,15H2,1-4H3. The van der Waals surface area contributed by atoms with Crippen LogP contribution < -0.4 is 10.5 Å². The monoisotopic (exact) mass is 235 g/mol. The van der Waals surface area contributed by atoms with Crippen molar-refractivity contribution in [1.29, 1.82) is 0 Å². The van der Waals surface area contributed by atoms with Crippen LogP contribution in [0.4, 0.5) is 0 Å². The first-order valence-corrected chi connectivity index (χ1v) is 5.95. The highest BCUT2D eigenvalue weighted by Gasteiger charge is 2.23. The number of hydrogen-bond donors (Lipinski definition) is 1. The molecule has 0 bridgehead atoms. The van der Waals surface area contributed by atoms with Gasteiger partial charge < -0.3 is 10.5 Å². The van der Waals surface area contributed by atoms with E-state index >= 15 is 0 Å². The predicted molar refractivity (Wildman–Crippen MR) is 69.5 cm³/mol. The summed E-state index contributed by atoms with van der Waals surface area (Å²) in [6.45, 7) is 5.97. The summed E-state index contributed by atoms with van der Waals surface area (Å²) in [5.74, 6) is 0.729. The van der Waals surface area contributed by atoms with E-state index in [4.69, 9.17) is 10.5 Å². The molecule has 0 heterocycles. The third-order valence-corrected chi connectivity index (χ3v) is 3.18. The lowest BCUT2D eigenvalue weighted by atomic mass is 9.91. The van der Waals surface area contributed by atoms with Crippen molar-refractivity contribution in [2.45, 2.75) is 33.2 Å². The smallest absolute Gasteiger partial charge is 0.183 e. The number of carbonyl (C=O) groups excluding carboxylic acids is 1. The Balaban J connectivity index is 3.06. The number of hydrogen-bond acceptors (Lipinski definition) is 3. The van der Waals surface area contributed by atoms with E-state index < -0.39 is 6.04 Å². The van der Waals surface area contributed by atoms with E-state index in [1.807, 2.05) is 39.0 Å². The van der Waals surface area contributed by atoms with Crippen LogP contribution in [0.3, 0.4) is 0 Å². The van der Waals surface area contributed by atoms with E-state index in [1.165, 1.54) is 0 Å². The lowest BCUT2D eigenvalue weighted by molar-refractivity contribution is 0.0932. The maximum absolute atomic E-state index is 12.3. The average molecular weight is 235 g/mol. The molecule has 0 aromatic heterocycles. The zero-order valence-electron chi connectivity index (χ0n) is 11.0. The van der Waals surface area contributed by atoms with Crippen molar-refractivity contribution in [2.24, 2.45) is 11.7 Å². The molecule has 0 aliphatic heterocycles. The van der Waals surface area contributed by atoms with Crippen molar-refractivity contribution >= 4 is 5.78 Å². The first kappa shape index (κ1) is 13.7. The number of ether oxygens (including phenoxy) is 1. The van der Waals surface area contributed by atoms with Gasteiger partial charge in [0.05, 0.1) is 18.7 Å². The summed E-state index contributed by atoms with van der Waals surface area (Å²) in [6, 6.07) is 5.11. The summed E-state index contributed by atoms with van der Waals surface area (Å²) in [5.41, 5.74) is 7.59. The van der Waals surface area contributed by atoms with Gasteiger partial charge in [0, 0.05) is 0 Å². The molecule has 0 saturated heterocycles. The number of rotatable bonds is 5. The van der Waals surface area contributed by atoms with Crippen LogP contribution in [0.1, 0.15) is 36.2 Å². The fourth-order valence-corrected chi connectivity index (χ4v) is 1.71. The molecule has 1 aromatic rings. The van der Waals surface area contributed by atoms with Crippen LogP contribution in [-0.4, -0.2) is 18.9 Å². The third kappa shape index (κ3) is 3.07. The number of Topliss-reactive ketones (excluding diaryl/α,β-unsaturated/α-hetero) is 1. The van der Waals surface area contributed by atoms with Gasteiger partial charge in [-0.15, -0.1) is 0 Å². The normalized spacial score (nSPS) is 14.2. The zero-order chi connectivity index (χ0) is 13.0. The molecule has 3 heteroatoms. The molecular formula is C14H21NO2. The molecule has 0 spiro atoms. The van der Waals surface area contributed by atoms with Crippen molar-refractivity contribution in [3.8, 4) is 5.75 Å². The highest BCUT2D eigenvalue weighted by atomic mass is 16.5. The van der Waals surface area contributed by atoms with Crippen molar-refractivity contribution in [3.63, 3.8) is 0 Å². The Labute approximate surface area is 103 Å². The Bertz CT molecular complexity index is 401.